The molecule has 0 aliphatic carbocycles. The number of carbonyl (C=O) groups is 1. The van der Waals surface area contributed by atoms with Crippen molar-refractivity contribution < 1.29 is 23.2 Å². The minimum absolute atomic E-state index is 0.172. The maximum absolute atomic E-state index is 13.0. The third-order valence-electron chi connectivity index (χ3n) is 2.70. The number of halogens is 1. The summed E-state index contributed by atoms with van der Waals surface area (Å²) in [6.07, 6.45) is 0. The summed E-state index contributed by atoms with van der Waals surface area (Å²) < 4.78 is 30.3. The number of aromatic carboxylic acids is 1. The van der Waals surface area contributed by atoms with Crippen LogP contribution in [0.5, 0.6) is 5.75 Å². The molecule has 0 amide bonds. The topological polar surface area (TPSA) is 63.6 Å². The highest BCUT2D eigenvalue weighted by Crippen LogP contribution is 2.13. The number of rotatable bonds is 6. The second-order valence-electron chi connectivity index (χ2n) is 4.19. The van der Waals surface area contributed by atoms with Crippen molar-refractivity contribution >= 4 is 16.8 Å². The Labute approximate surface area is 123 Å². The van der Waals surface area contributed by atoms with Gasteiger partial charge in [-0.05, 0) is 42.5 Å². The second kappa shape index (κ2) is 6.99. The molecule has 1 unspecified atom stereocenters. The number of hydrogen-bond donors (Lipinski definition) is 1. The number of carboxylic acid groups (broad SMARTS) is 1. The van der Waals surface area contributed by atoms with E-state index in [-0.39, 0.29) is 17.9 Å². The van der Waals surface area contributed by atoms with Crippen molar-refractivity contribution in [3.8, 4) is 5.75 Å². The summed E-state index contributed by atoms with van der Waals surface area (Å²) in [6, 6.07) is 11.6. The third-order valence-corrected chi connectivity index (χ3v) is 4.01. The van der Waals surface area contributed by atoms with E-state index in [2.05, 4.69) is 0 Å². The lowest BCUT2D eigenvalue weighted by Crippen LogP contribution is -2.09. The molecule has 0 fully saturated rings. The molecule has 0 radical (unpaired) electrons. The number of benzene rings is 2. The Morgan fingerprint density at radius 3 is 2.52 bits per heavy atom. The van der Waals surface area contributed by atoms with Crippen molar-refractivity contribution in [2.45, 2.75) is 4.90 Å². The van der Waals surface area contributed by atoms with Crippen LogP contribution in [0.15, 0.2) is 53.4 Å². The predicted molar refractivity (Wildman–Crippen MR) is 76.6 cm³/mol. The van der Waals surface area contributed by atoms with E-state index in [4.69, 9.17) is 9.84 Å². The van der Waals surface area contributed by atoms with E-state index in [0.29, 0.717) is 10.6 Å². The fourth-order valence-electron chi connectivity index (χ4n) is 1.66. The van der Waals surface area contributed by atoms with Gasteiger partial charge in [-0.1, -0.05) is 6.07 Å². The number of carboxylic acids is 1. The molecule has 4 nitrogen and oxygen atoms in total. The first-order valence-corrected chi connectivity index (χ1v) is 7.48. The highest BCUT2D eigenvalue weighted by molar-refractivity contribution is 7.85. The van der Waals surface area contributed by atoms with Crippen LogP contribution in [-0.4, -0.2) is 27.6 Å². The molecule has 2 aromatic rings. The van der Waals surface area contributed by atoms with Gasteiger partial charge in [0.1, 0.15) is 18.2 Å². The smallest absolute Gasteiger partial charge is 0.335 e. The van der Waals surface area contributed by atoms with Gasteiger partial charge >= 0.3 is 5.97 Å². The zero-order valence-corrected chi connectivity index (χ0v) is 11.8. The van der Waals surface area contributed by atoms with E-state index >= 15 is 0 Å². The molecular formula is C15H13FO4S. The number of ether oxygens (including phenoxy) is 1. The highest BCUT2D eigenvalue weighted by atomic mass is 32.2. The Hall–Kier alpha value is -2.21. The van der Waals surface area contributed by atoms with Crippen molar-refractivity contribution in [1.82, 2.24) is 0 Å². The minimum atomic E-state index is -1.34. The van der Waals surface area contributed by atoms with E-state index in [1.807, 2.05) is 0 Å². The second-order valence-corrected chi connectivity index (χ2v) is 5.76. The van der Waals surface area contributed by atoms with Crippen molar-refractivity contribution in [1.29, 1.82) is 0 Å². The van der Waals surface area contributed by atoms with Crippen LogP contribution in [0.2, 0.25) is 0 Å². The van der Waals surface area contributed by atoms with Crippen LogP contribution in [0.25, 0.3) is 0 Å². The van der Waals surface area contributed by atoms with E-state index in [9.17, 15) is 13.4 Å². The van der Waals surface area contributed by atoms with Crippen LogP contribution < -0.4 is 4.74 Å². The zero-order valence-electron chi connectivity index (χ0n) is 11.0. The molecule has 1 N–H and O–H groups in total. The van der Waals surface area contributed by atoms with Gasteiger partial charge < -0.3 is 9.84 Å². The maximum atomic E-state index is 13.0. The van der Waals surface area contributed by atoms with E-state index in [1.165, 1.54) is 42.5 Å². The van der Waals surface area contributed by atoms with Crippen LogP contribution >= 0.6 is 0 Å². The van der Waals surface area contributed by atoms with Crippen LogP contribution in [-0.2, 0) is 10.8 Å². The monoisotopic (exact) mass is 308 g/mol. The molecule has 110 valence electrons. The molecule has 0 spiro atoms. The van der Waals surface area contributed by atoms with E-state index in [1.54, 1.807) is 6.07 Å². The van der Waals surface area contributed by atoms with E-state index in [0.717, 1.165) is 0 Å². The largest absolute Gasteiger partial charge is 0.493 e. The molecule has 0 bridgehead atoms. The van der Waals surface area contributed by atoms with Gasteiger partial charge in [0.25, 0.3) is 0 Å². The van der Waals surface area contributed by atoms with Crippen molar-refractivity contribution in [3.63, 3.8) is 0 Å². The van der Waals surface area contributed by atoms with Crippen molar-refractivity contribution in [2.24, 2.45) is 0 Å². The van der Waals surface area contributed by atoms with E-state index < -0.39 is 22.6 Å². The summed E-state index contributed by atoms with van der Waals surface area (Å²) in [6.45, 7) is 0.190. The third kappa shape index (κ3) is 4.39. The van der Waals surface area contributed by atoms with Gasteiger partial charge in [-0.3, -0.25) is 4.21 Å². The van der Waals surface area contributed by atoms with Gasteiger partial charge in [-0.15, -0.1) is 0 Å². The molecule has 0 aliphatic heterocycles. The summed E-state index contributed by atoms with van der Waals surface area (Å²) in [5, 5.41) is 8.76. The molecule has 0 saturated carbocycles. The summed E-state index contributed by atoms with van der Waals surface area (Å²) in [5.74, 6) is -0.708. The number of hydrogen-bond acceptors (Lipinski definition) is 3. The van der Waals surface area contributed by atoms with Gasteiger partial charge in [0, 0.05) is 4.90 Å². The fourth-order valence-corrected chi connectivity index (χ4v) is 2.60. The molecule has 1 atom stereocenters. The molecule has 0 aliphatic rings. The van der Waals surface area contributed by atoms with Crippen LogP contribution in [0.4, 0.5) is 4.39 Å². The fraction of sp³-hybridized carbons (Fsp3) is 0.133. The van der Waals surface area contributed by atoms with Gasteiger partial charge in [-0.2, -0.15) is 0 Å². The summed E-state index contributed by atoms with van der Waals surface area (Å²) in [5.41, 5.74) is 0.172. The summed E-state index contributed by atoms with van der Waals surface area (Å²) >= 11 is 0. The lowest BCUT2D eigenvalue weighted by Gasteiger charge is -2.06. The lowest BCUT2D eigenvalue weighted by molar-refractivity contribution is 0.0697. The first-order chi connectivity index (χ1) is 10.1. The molecular weight excluding hydrogens is 295 g/mol. The van der Waals surface area contributed by atoms with Crippen LogP contribution in [0, 0.1) is 5.82 Å². The Morgan fingerprint density at radius 2 is 1.90 bits per heavy atom. The van der Waals surface area contributed by atoms with Gasteiger partial charge in [-0.25, -0.2) is 9.18 Å². The highest BCUT2D eigenvalue weighted by Gasteiger charge is 2.06. The molecule has 21 heavy (non-hydrogen) atoms. The average molecular weight is 308 g/mol. The van der Waals surface area contributed by atoms with Gasteiger partial charge in [0.15, 0.2) is 0 Å². The molecule has 0 saturated heterocycles. The normalized spacial score (nSPS) is 11.9. The molecule has 2 rings (SSSR count). The Bertz CT molecular complexity index is 655. The van der Waals surface area contributed by atoms with Crippen molar-refractivity contribution in [3.05, 3.63) is 59.9 Å². The Balaban J connectivity index is 1.86. The van der Waals surface area contributed by atoms with Gasteiger partial charge in [0.2, 0.25) is 0 Å². The first-order valence-electron chi connectivity index (χ1n) is 6.16. The first kappa shape index (κ1) is 15.2. The minimum Gasteiger partial charge on any atom is -0.493 e. The molecule has 0 heterocycles. The Morgan fingerprint density at radius 1 is 1.19 bits per heavy atom. The van der Waals surface area contributed by atoms with Gasteiger partial charge in [0.05, 0.1) is 22.1 Å². The Kier molecular flexibility index (Phi) is 5.05. The summed E-state index contributed by atoms with van der Waals surface area (Å²) in [4.78, 5) is 11.1. The standard InChI is InChI=1S/C15H13FO4S/c16-12-2-1-3-14(10-12)21(19)9-8-20-13-6-4-11(5-7-13)15(17)18/h1-7,10H,8-9H2,(H,17,18). The molecule has 6 heteroatoms. The zero-order chi connectivity index (χ0) is 15.2. The van der Waals surface area contributed by atoms with Crippen LogP contribution in [0.1, 0.15) is 10.4 Å². The molecule has 2 aromatic carbocycles. The van der Waals surface area contributed by atoms with Crippen LogP contribution in [0.3, 0.4) is 0 Å². The average Bonchev–Trinajstić information content (AvgIpc) is 2.47. The summed E-state index contributed by atoms with van der Waals surface area (Å²) in [7, 11) is -1.34. The lowest BCUT2D eigenvalue weighted by atomic mass is 10.2. The van der Waals surface area contributed by atoms with Crippen molar-refractivity contribution in [2.75, 3.05) is 12.4 Å². The predicted octanol–water partition coefficient (Wildman–Crippen LogP) is 2.71. The quantitative estimate of drug-likeness (QED) is 0.891. The SMILES string of the molecule is O=C(O)c1ccc(OCCS(=O)c2cccc(F)c2)cc1. The maximum Gasteiger partial charge on any atom is 0.335 e. The molecule has 0 aromatic heterocycles.